The monoisotopic (exact) mass is 394 g/mol. The molecule has 2 amide bonds. The number of nitrogens with one attached hydrogen (secondary N) is 3. The van der Waals surface area contributed by atoms with Gasteiger partial charge in [0.25, 0.3) is 5.92 Å². The Morgan fingerprint density at radius 2 is 1.57 bits per heavy atom. The average Bonchev–Trinajstić information content (AvgIpc) is 2.99. The largest absolute Gasteiger partial charge is 0.325 e. The van der Waals surface area contributed by atoms with Gasteiger partial charge < -0.3 is 10.6 Å². The molecule has 0 aromatic heterocycles. The fourth-order valence-corrected chi connectivity index (χ4v) is 3.64. The third-order valence-electron chi connectivity index (χ3n) is 5.18. The highest BCUT2D eigenvalue weighted by atomic mass is 19.3. The maximum atomic E-state index is 13.2. The van der Waals surface area contributed by atoms with Crippen LogP contribution >= 0.6 is 0 Å². The minimum Gasteiger partial charge on any atom is -0.325 e. The van der Waals surface area contributed by atoms with Crippen molar-refractivity contribution in [2.45, 2.75) is 50.5 Å². The summed E-state index contributed by atoms with van der Waals surface area (Å²) in [5.74, 6) is -3.39. The number of rotatable bonds is 5. The van der Waals surface area contributed by atoms with E-state index >= 15 is 0 Å². The molecule has 2 heterocycles. The molecule has 0 radical (unpaired) electrons. The summed E-state index contributed by atoms with van der Waals surface area (Å²) in [5, 5.41) is 8.02. The second kappa shape index (κ2) is 9.43. The molecule has 154 valence electrons. The fourth-order valence-electron chi connectivity index (χ4n) is 3.64. The third-order valence-corrected chi connectivity index (χ3v) is 5.18. The predicted octanol–water partition coefficient (Wildman–Crippen LogP) is 2.83. The number of halogens is 2. The molecule has 8 heteroatoms. The first-order valence-corrected chi connectivity index (χ1v) is 9.96. The summed E-state index contributed by atoms with van der Waals surface area (Å²) < 4.78 is 26.4. The highest BCUT2D eigenvalue weighted by Crippen LogP contribution is 2.26. The van der Waals surface area contributed by atoms with Gasteiger partial charge in [-0.05, 0) is 50.2 Å². The predicted molar refractivity (Wildman–Crippen MR) is 105 cm³/mol. The molecule has 28 heavy (non-hydrogen) atoms. The zero-order valence-corrected chi connectivity index (χ0v) is 16.0. The molecule has 3 N–H and O–H groups in total. The van der Waals surface area contributed by atoms with E-state index in [-0.39, 0.29) is 5.91 Å². The van der Waals surface area contributed by atoms with Crippen molar-refractivity contribution in [1.29, 1.82) is 0 Å². The van der Waals surface area contributed by atoms with Gasteiger partial charge in [-0.15, -0.1) is 0 Å². The Hall–Kier alpha value is -2.06. The van der Waals surface area contributed by atoms with Crippen LogP contribution in [0, 0.1) is 0 Å². The van der Waals surface area contributed by atoms with Gasteiger partial charge in [0.05, 0.1) is 19.1 Å². The molecule has 1 aromatic rings. The van der Waals surface area contributed by atoms with Crippen molar-refractivity contribution in [3.05, 3.63) is 24.3 Å². The van der Waals surface area contributed by atoms with E-state index < -0.39 is 30.8 Å². The molecule has 3 rings (SSSR count). The Morgan fingerprint density at radius 3 is 2.14 bits per heavy atom. The molecule has 1 unspecified atom stereocenters. The van der Waals surface area contributed by atoms with Crippen LogP contribution in [0.5, 0.6) is 0 Å². The smallest absolute Gasteiger partial charge is 0.262 e. The van der Waals surface area contributed by atoms with Crippen molar-refractivity contribution in [2.24, 2.45) is 0 Å². The molecule has 0 saturated carbocycles. The van der Waals surface area contributed by atoms with Crippen molar-refractivity contribution in [3.8, 4) is 0 Å². The van der Waals surface area contributed by atoms with Crippen LogP contribution in [-0.2, 0) is 9.59 Å². The van der Waals surface area contributed by atoms with Crippen LogP contribution in [0.3, 0.4) is 0 Å². The van der Waals surface area contributed by atoms with Crippen molar-refractivity contribution < 1.29 is 18.4 Å². The van der Waals surface area contributed by atoms with E-state index in [0.717, 1.165) is 25.9 Å². The Bertz CT molecular complexity index is 673. The molecule has 2 saturated heterocycles. The first-order valence-electron chi connectivity index (χ1n) is 9.96. The van der Waals surface area contributed by atoms with Gasteiger partial charge in [-0.1, -0.05) is 19.3 Å². The summed E-state index contributed by atoms with van der Waals surface area (Å²) in [4.78, 5) is 26.5. The topological polar surface area (TPSA) is 73.5 Å². The van der Waals surface area contributed by atoms with E-state index in [2.05, 4.69) is 20.9 Å². The Morgan fingerprint density at radius 1 is 1.00 bits per heavy atom. The minimum absolute atomic E-state index is 0.0604. The SMILES string of the molecule is O=C(CN1CCCCCCC1)Nc1ccc(NC(=O)C2CC(F)(F)CN2)cc1. The summed E-state index contributed by atoms with van der Waals surface area (Å²) in [6, 6.07) is 5.79. The number of benzene rings is 1. The number of amides is 2. The zero-order chi connectivity index (χ0) is 20.0. The molecule has 0 spiro atoms. The second-order valence-electron chi connectivity index (χ2n) is 7.65. The number of hydrogen-bond acceptors (Lipinski definition) is 4. The van der Waals surface area contributed by atoms with Gasteiger partial charge in [0.15, 0.2) is 0 Å². The number of carbonyl (C=O) groups is 2. The maximum absolute atomic E-state index is 13.2. The molecule has 1 aromatic carbocycles. The maximum Gasteiger partial charge on any atom is 0.262 e. The van der Waals surface area contributed by atoms with Crippen LogP contribution in [0.2, 0.25) is 0 Å². The van der Waals surface area contributed by atoms with Gasteiger partial charge in [0, 0.05) is 17.8 Å². The van der Waals surface area contributed by atoms with Crippen LogP contribution in [0.25, 0.3) is 0 Å². The summed E-state index contributed by atoms with van der Waals surface area (Å²) in [6.07, 6.45) is 5.48. The zero-order valence-electron chi connectivity index (χ0n) is 16.0. The van der Waals surface area contributed by atoms with Crippen molar-refractivity contribution in [1.82, 2.24) is 10.2 Å². The van der Waals surface area contributed by atoms with Gasteiger partial charge >= 0.3 is 0 Å². The second-order valence-corrected chi connectivity index (χ2v) is 7.65. The summed E-state index contributed by atoms with van der Waals surface area (Å²) >= 11 is 0. The standard InChI is InChI=1S/C20H28F2N4O2/c21-20(22)12-17(23-14-20)19(28)25-16-8-6-15(7-9-16)24-18(27)13-26-10-4-2-1-3-5-11-26/h6-9,17,23H,1-5,10-14H2,(H,24,27)(H,25,28). The molecule has 0 aliphatic carbocycles. The Balaban J connectivity index is 1.46. The van der Waals surface area contributed by atoms with E-state index in [0.29, 0.717) is 17.9 Å². The summed E-state index contributed by atoms with van der Waals surface area (Å²) in [5.41, 5.74) is 1.14. The number of anilines is 2. The van der Waals surface area contributed by atoms with E-state index in [1.807, 2.05) is 0 Å². The lowest BCUT2D eigenvalue weighted by Gasteiger charge is -2.23. The van der Waals surface area contributed by atoms with E-state index in [9.17, 15) is 18.4 Å². The summed E-state index contributed by atoms with van der Waals surface area (Å²) in [6.45, 7) is 1.80. The molecule has 0 bridgehead atoms. The number of nitrogens with zero attached hydrogens (tertiary/aromatic N) is 1. The normalized spacial score (nSPS) is 22.9. The van der Waals surface area contributed by atoms with E-state index in [4.69, 9.17) is 0 Å². The average molecular weight is 394 g/mol. The van der Waals surface area contributed by atoms with Gasteiger partial charge in [-0.2, -0.15) is 0 Å². The molecule has 2 aliphatic heterocycles. The number of carbonyl (C=O) groups excluding carboxylic acids is 2. The van der Waals surface area contributed by atoms with Crippen LogP contribution in [0.15, 0.2) is 24.3 Å². The van der Waals surface area contributed by atoms with E-state index in [1.165, 1.54) is 19.3 Å². The number of alkyl halides is 2. The minimum atomic E-state index is -2.84. The van der Waals surface area contributed by atoms with Crippen LogP contribution in [-0.4, -0.2) is 54.9 Å². The van der Waals surface area contributed by atoms with Gasteiger partial charge in [0.1, 0.15) is 0 Å². The van der Waals surface area contributed by atoms with Crippen LogP contribution < -0.4 is 16.0 Å². The lowest BCUT2D eigenvalue weighted by atomic mass is 10.1. The van der Waals surface area contributed by atoms with Gasteiger partial charge in [0.2, 0.25) is 11.8 Å². The van der Waals surface area contributed by atoms with Gasteiger partial charge in [-0.3, -0.25) is 19.8 Å². The highest BCUT2D eigenvalue weighted by Gasteiger charge is 2.42. The van der Waals surface area contributed by atoms with Crippen molar-refractivity contribution in [2.75, 3.05) is 36.8 Å². The lowest BCUT2D eigenvalue weighted by molar-refractivity contribution is -0.118. The third kappa shape index (κ3) is 6.24. The number of likely N-dealkylation sites (tertiary alicyclic amines) is 1. The summed E-state index contributed by atoms with van der Waals surface area (Å²) in [7, 11) is 0. The van der Waals surface area contributed by atoms with Crippen molar-refractivity contribution in [3.63, 3.8) is 0 Å². The van der Waals surface area contributed by atoms with Crippen LogP contribution in [0.1, 0.15) is 38.5 Å². The molecular formula is C20H28F2N4O2. The molecule has 6 nitrogen and oxygen atoms in total. The highest BCUT2D eigenvalue weighted by molar-refractivity contribution is 5.96. The Kier molecular flexibility index (Phi) is 6.96. The first kappa shape index (κ1) is 20.7. The van der Waals surface area contributed by atoms with Crippen molar-refractivity contribution >= 4 is 23.2 Å². The molecule has 1 atom stereocenters. The number of hydrogen-bond donors (Lipinski definition) is 3. The van der Waals surface area contributed by atoms with E-state index in [1.54, 1.807) is 24.3 Å². The molecular weight excluding hydrogens is 366 g/mol. The molecule has 2 aliphatic rings. The van der Waals surface area contributed by atoms with Crippen LogP contribution in [0.4, 0.5) is 20.2 Å². The fraction of sp³-hybridized carbons (Fsp3) is 0.600. The quantitative estimate of drug-likeness (QED) is 0.718. The lowest BCUT2D eigenvalue weighted by Crippen LogP contribution is -2.35. The molecule has 2 fully saturated rings. The first-order chi connectivity index (χ1) is 13.4. The van der Waals surface area contributed by atoms with Gasteiger partial charge in [-0.25, -0.2) is 8.78 Å². The Labute approximate surface area is 164 Å².